The summed E-state index contributed by atoms with van der Waals surface area (Å²) < 4.78 is 5.03. The fourth-order valence-electron chi connectivity index (χ4n) is 1.47. The molecule has 14 heavy (non-hydrogen) atoms. The van der Waals surface area contributed by atoms with Crippen LogP contribution in [0.3, 0.4) is 0 Å². The lowest BCUT2D eigenvalue weighted by atomic mass is 9.83. The van der Waals surface area contributed by atoms with E-state index in [1.807, 2.05) is 18.7 Å². The van der Waals surface area contributed by atoms with Crippen LogP contribution < -0.4 is 10.6 Å². The molecule has 6 nitrogen and oxygen atoms in total. The highest BCUT2D eigenvalue weighted by Gasteiger charge is 2.45. The summed E-state index contributed by atoms with van der Waals surface area (Å²) in [5.41, 5.74) is 4.66. The smallest absolute Gasteiger partial charge is 0.319 e. The zero-order chi connectivity index (χ0) is 10.3. The molecule has 0 radical (unpaired) electrons. The molecule has 0 spiro atoms. The van der Waals surface area contributed by atoms with Crippen LogP contribution in [0.4, 0.5) is 12.0 Å². The first-order chi connectivity index (χ1) is 6.51. The van der Waals surface area contributed by atoms with Crippen molar-refractivity contribution in [2.45, 2.75) is 19.4 Å². The van der Waals surface area contributed by atoms with Crippen molar-refractivity contribution in [2.75, 3.05) is 23.7 Å². The number of hydrogen-bond donors (Lipinski definition) is 2. The van der Waals surface area contributed by atoms with Gasteiger partial charge in [0.15, 0.2) is 0 Å². The highest BCUT2D eigenvalue weighted by Crippen LogP contribution is 2.32. The van der Waals surface area contributed by atoms with Gasteiger partial charge < -0.3 is 20.2 Å². The molecular weight excluding hydrogens is 184 g/mol. The normalized spacial score (nSPS) is 19.9. The molecule has 6 heteroatoms. The van der Waals surface area contributed by atoms with Gasteiger partial charge in [0, 0.05) is 0 Å². The van der Waals surface area contributed by atoms with Gasteiger partial charge in [-0.2, -0.15) is 0 Å². The number of aromatic nitrogens is 2. The van der Waals surface area contributed by atoms with Crippen LogP contribution in [-0.4, -0.2) is 34.0 Å². The van der Waals surface area contributed by atoms with Crippen LogP contribution in [0, 0.1) is 5.92 Å². The van der Waals surface area contributed by atoms with Crippen molar-refractivity contribution in [2.24, 2.45) is 5.92 Å². The Morgan fingerprint density at radius 1 is 1.50 bits per heavy atom. The number of nitrogen functional groups attached to an aromatic ring is 1. The molecule has 0 aromatic carbocycles. The molecule has 78 valence electrons. The zero-order valence-corrected chi connectivity index (χ0v) is 8.27. The highest BCUT2D eigenvalue weighted by atomic mass is 16.4. The molecule has 0 unspecified atom stereocenters. The average molecular weight is 198 g/mol. The molecular formula is C8H14N4O2. The molecule has 0 saturated carbocycles. The van der Waals surface area contributed by atoms with Gasteiger partial charge in [0.2, 0.25) is 0 Å². The first kappa shape index (κ1) is 9.26. The van der Waals surface area contributed by atoms with Crippen molar-refractivity contribution >= 4 is 12.0 Å². The number of nitrogens with zero attached hydrogens (tertiary/aromatic N) is 3. The minimum atomic E-state index is -0.636. The van der Waals surface area contributed by atoms with Gasteiger partial charge in [-0.1, -0.05) is 24.0 Å². The summed E-state index contributed by atoms with van der Waals surface area (Å²) in [6.45, 7) is 5.01. The third kappa shape index (κ3) is 1.31. The van der Waals surface area contributed by atoms with Crippen molar-refractivity contribution < 1.29 is 9.52 Å². The van der Waals surface area contributed by atoms with Gasteiger partial charge in [0.1, 0.15) is 5.60 Å². The van der Waals surface area contributed by atoms with Gasteiger partial charge in [0.25, 0.3) is 0 Å². The molecule has 1 fully saturated rings. The summed E-state index contributed by atoms with van der Waals surface area (Å²) >= 11 is 0. The molecule has 3 N–H and O–H groups in total. The maximum atomic E-state index is 9.96. The predicted molar refractivity (Wildman–Crippen MR) is 50.7 cm³/mol. The van der Waals surface area contributed by atoms with E-state index in [9.17, 15) is 5.11 Å². The molecule has 1 aliphatic heterocycles. The lowest BCUT2D eigenvalue weighted by Crippen LogP contribution is -2.64. The lowest BCUT2D eigenvalue weighted by Gasteiger charge is -2.47. The summed E-state index contributed by atoms with van der Waals surface area (Å²) in [6, 6.07) is 0.438. The van der Waals surface area contributed by atoms with Crippen LogP contribution in [0.1, 0.15) is 13.8 Å². The van der Waals surface area contributed by atoms with Gasteiger partial charge in [0.05, 0.1) is 13.1 Å². The number of nitrogens with two attached hydrogens (primary N) is 1. The van der Waals surface area contributed by atoms with Crippen LogP contribution >= 0.6 is 0 Å². The Morgan fingerprint density at radius 3 is 2.57 bits per heavy atom. The number of aliphatic hydroxyl groups is 1. The number of anilines is 2. The van der Waals surface area contributed by atoms with Crippen molar-refractivity contribution in [1.29, 1.82) is 0 Å². The standard InChI is InChI=1S/C8H14N4O2/c1-5(2)8(13)3-12(4-8)7-11-10-6(9)14-7/h5,13H,3-4H2,1-2H3,(H2,9,10). The monoisotopic (exact) mass is 198 g/mol. The Labute approximate surface area is 81.7 Å². The van der Waals surface area contributed by atoms with E-state index in [4.69, 9.17) is 10.2 Å². The maximum absolute atomic E-state index is 9.96. The Hall–Kier alpha value is -1.30. The van der Waals surface area contributed by atoms with Gasteiger partial charge in [-0.3, -0.25) is 0 Å². The van der Waals surface area contributed by atoms with E-state index in [0.29, 0.717) is 19.1 Å². The van der Waals surface area contributed by atoms with Crippen molar-refractivity contribution in [3.63, 3.8) is 0 Å². The van der Waals surface area contributed by atoms with Gasteiger partial charge in [-0.15, -0.1) is 0 Å². The predicted octanol–water partition coefficient (Wildman–Crippen LogP) is -0.141. The summed E-state index contributed by atoms with van der Waals surface area (Å²) in [4.78, 5) is 1.81. The summed E-state index contributed by atoms with van der Waals surface area (Å²) in [5.74, 6) is 0.221. The second-order valence-electron chi connectivity index (χ2n) is 4.04. The molecule has 2 rings (SSSR count). The first-order valence-electron chi connectivity index (χ1n) is 4.57. The van der Waals surface area contributed by atoms with Crippen molar-refractivity contribution in [3.8, 4) is 0 Å². The molecule has 0 atom stereocenters. The highest BCUT2D eigenvalue weighted by molar-refractivity contribution is 5.35. The molecule has 1 saturated heterocycles. The Balaban J connectivity index is 2.01. The first-order valence-corrected chi connectivity index (χ1v) is 4.57. The molecule has 0 amide bonds. The second-order valence-corrected chi connectivity index (χ2v) is 4.04. The van der Waals surface area contributed by atoms with E-state index >= 15 is 0 Å². The Kier molecular flexibility index (Phi) is 1.88. The van der Waals surface area contributed by atoms with E-state index in [1.54, 1.807) is 0 Å². The summed E-state index contributed by atoms with van der Waals surface area (Å²) in [5, 5.41) is 17.2. The van der Waals surface area contributed by atoms with Crippen LogP contribution in [0.15, 0.2) is 4.42 Å². The van der Waals surface area contributed by atoms with Crippen LogP contribution in [0.25, 0.3) is 0 Å². The number of rotatable bonds is 2. The van der Waals surface area contributed by atoms with E-state index in [-0.39, 0.29) is 11.9 Å². The summed E-state index contributed by atoms with van der Waals surface area (Å²) in [7, 11) is 0. The Morgan fingerprint density at radius 2 is 2.14 bits per heavy atom. The van der Waals surface area contributed by atoms with E-state index in [0.717, 1.165) is 0 Å². The lowest BCUT2D eigenvalue weighted by molar-refractivity contribution is -0.0324. The van der Waals surface area contributed by atoms with Crippen LogP contribution in [0.5, 0.6) is 0 Å². The molecule has 2 heterocycles. The largest absolute Gasteiger partial charge is 0.390 e. The zero-order valence-electron chi connectivity index (χ0n) is 8.27. The summed E-state index contributed by atoms with van der Waals surface area (Å²) in [6.07, 6.45) is 0. The van der Waals surface area contributed by atoms with Gasteiger partial charge >= 0.3 is 12.0 Å². The molecule has 0 bridgehead atoms. The minimum Gasteiger partial charge on any atom is -0.390 e. The fraction of sp³-hybridized carbons (Fsp3) is 0.750. The number of β-amino-alcohol motifs (C(OH)–C–C–N with tert-alkyl or cyclic N) is 1. The molecule has 1 aliphatic rings. The van der Waals surface area contributed by atoms with Crippen molar-refractivity contribution in [3.05, 3.63) is 0 Å². The van der Waals surface area contributed by atoms with Crippen LogP contribution in [-0.2, 0) is 0 Å². The third-order valence-corrected chi connectivity index (χ3v) is 2.70. The van der Waals surface area contributed by atoms with Crippen LogP contribution in [0.2, 0.25) is 0 Å². The van der Waals surface area contributed by atoms with Gasteiger partial charge in [-0.05, 0) is 5.92 Å². The SMILES string of the molecule is CC(C)C1(O)CN(c2nnc(N)o2)C1. The van der Waals surface area contributed by atoms with E-state index < -0.39 is 5.60 Å². The van der Waals surface area contributed by atoms with E-state index in [2.05, 4.69) is 10.2 Å². The maximum Gasteiger partial charge on any atom is 0.319 e. The molecule has 0 aliphatic carbocycles. The number of hydrogen-bond acceptors (Lipinski definition) is 6. The molecule has 1 aromatic rings. The van der Waals surface area contributed by atoms with E-state index in [1.165, 1.54) is 0 Å². The minimum absolute atomic E-state index is 0.0555. The fourth-order valence-corrected chi connectivity index (χ4v) is 1.47. The quantitative estimate of drug-likeness (QED) is 0.687. The van der Waals surface area contributed by atoms with Crippen molar-refractivity contribution in [1.82, 2.24) is 10.2 Å². The average Bonchev–Trinajstić information content (AvgIpc) is 2.45. The third-order valence-electron chi connectivity index (χ3n) is 2.70. The molecule has 1 aromatic heterocycles. The topological polar surface area (TPSA) is 88.4 Å². The van der Waals surface area contributed by atoms with Gasteiger partial charge in [-0.25, -0.2) is 0 Å². The Bertz CT molecular complexity index is 330. The second kappa shape index (κ2) is 2.84.